The number of aliphatic hydroxyl groups is 1. The van der Waals surface area contributed by atoms with Crippen LogP contribution in [0, 0.1) is 11.8 Å². The molecule has 35 heavy (non-hydrogen) atoms. The number of nitrogens with zero attached hydrogens (tertiary/aromatic N) is 4. The third-order valence-electron chi connectivity index (χ3n) is 7.93. The van der Waals surface area contributed by atoms with Crippen LogP contribution in [0.2, 0.25) is 0 Å². The van der Waals surface area contributed by atoms with Gasteiger partial charge in [-0.25, -0.2) is 4.68 Å². The van der Waals surface area contributed by atoms with Gasteiger partial charge in [0, 0.05) is 20.2 Å². The summed E-state index contributed by atoms with van der Waals surface area (Å²) in [5.41, 5.74) is -0.322. The Labute approximate surface area is 203 Å². The quantitative estimate of drug-likeness (QED) is 0.432. The number of carbonyl (C=O) groups excluding carboxylic acids is 3. The van der Waals surface area contributed by atoms with Crippen LogP contribution in [0.15, 0.2) is 24.3 Å². The Hall–Kier alpha value is -3.05. The molecule has 2 bridgehead atoms. The third kappa shape index (κ3) is 3.59. The SMILES string of the molecule is CNC(=O)[C@@H]1[C@H]2C(=O)N(CCCCCO)C(C(=O)NCn3nnc4ccccc43)C23CC[C@@]1(C)O3. The molecule has 3 saturated heterocycles. The molecule has 5 rings (SSSR count). The van der Waals surface area contributed by atoms with Crippen molar-refractivity contribution in [2.75, 3.05) is 20.2 Å². The van der Waals surface area contributed by atoms with Crippen molar-refractivity contribution in [1.82, 2.24) is 30.5 Å². The molecule has 3 amide bonds. The first kappa shape index (κ1) is 23.7. The van der Waals surface area contributed by atoms with E-state index in [1.807, 2.05) is 31.2 Å². The summed E-state index contributed by atoms with van der Waals surface area (Å²) >= 11 is 0. The van der Waals surface area contributed by atoms with Crippen LogP contribution in [-0.2, 0) is 25.8 Å². The van der Waals surface area contributed by atoms with E-state index in [1.165, 1.54) is 0 Å². The Bertz CT molecular complexity index is 1150. The van der Waals surface area contributed by atoms with Crippen LogP contribution in [0.25, 0.3) is 11.0 Å². The highest BCUT2D eigenvalue weighted by Gasteiger charge is 2.77. The molecule has 1 spiro atoms. The molecule has 3 aliphatic heterocycles. The van der Waals surface area contributed by atoms with Crippen molar-refractivity contribution < 1.29 is 24.2 Å². The zero-order valence-corrected chi connectivity index (χ0v) is 20.1. The van der Waals surface area contributed by atoms with E-state index < -0.39 is 29.1 Å². The number of likely N-dealkylation sites (tertiary alicyclic amines) is 1. The van der Waals surface area contributed by atoms with E-state index >= 15 is 0 Å². The molecular weight excluding hydrogens is 452 g/mol. The number of unbranched alkanes of at least 4 members (excludes halogenated alkanes) is 2. The van der Waals surface area contributed by atoms with Gasteiger partial charge in [-0.2, -0.15) is 0 Å². The molecule has 3 aliphatic rings. The topological polar surface area (TPSA) is 139 Å². The smallest absolute Gasteiger partial charge is 0.247 e. The fraction of sp³-hybridized carbons (Fsp3) is 0.625. The highest BCUT2D eigenvalue weighted by molar-refractivity contribution is 5.99. The van der Waals surface area contributed by atoms with Gasteiger partial charge in [-0.05, 0) is 51.2 Å². The van der Waals surface area contributed by atoms with E-state index in [0.29, 0.717) is 32.2 Å². The van der Waals surface area contributed by atoms with Gasteiger partial charge in [-0.1, -0.05) is 17.3 Å². The van der Waals surface area contributed by atoms with E-state index in [9.17, 15) is 14.4 Å². The zero-order chi connectivity index (χ0) is 24.8. The van der Waals surface area contributed by atoms with Crippen molar-refractivity contribution in [2.45, 2.75) is 62.9 Å². The summed E-state index contributed by atoms with van der Waals surface area (Å²) in [4.78, 5) is 41.9. The van der Waals surface area contributed by atoms with Crippen LogP contribution in [-0.4, -0.2) is 80.2 Å². The first-order valence-corrected chi connectivity index (χ1v) is 12.3. The molecular formula is C24H32N6O5. The standard InChI is InChI=1S/C24H32N6O5/c1-23-10-11-24(35-23)18(17(23)20(32)25-2)22(34)29(12-6-3-7-13-31)19(24)21(33)26-14-30-16-9-5-4-8-15(16)27-28-30/h4-5,8-9,17-19,31H,3,6-7,10-14H2,1-2H3,(H,25,32)(H,26,33)/t17-,18-,19?,23+,24?/m0/s1. The van der Waals surface area contributed by atoms with E-state index in [2.05, 4.69) is 20.9 Å². The maximum Gasteiger partial charge on any atom is 0.247 e. The second kappa shape index (κ2) is 8.87. The number of fused-ring (bicyclic) bond motifs is 2. The number of ether oxygens (including phenoxy) is 1. The summed E-state index contributed by atoms with van der Waals surface area (Å²) in [6, 6.07) is 6.62. The molecule has 11 heteroatoms. The minimum absolute atomic E-state index is 0.0799. The first-order valence-electron chi connectivity index (χ1n) is 12.3. The van der Waals surface area contributed by atoms with Crippen LogP contribution in [0.5, 0.6) is 0 Å². The van der Waals surface area contributed by atoms with Gasteiger partial charge < -0.3 is 25.4 Å². The maximum absolute atomic E-state index is 13.7. The Kier molecular flexibility index (Phi) is 6.00. The van der Waals surface area contributed by atoms with Crippen molar-refractivity contribution >= 4 is 28.8 Å². The minimum Gasteiger partial charge on any atom is -0.396 e. The molecule has 1 aromatic heterocycles. The van der Waals surface area contributed by atoms with Crippen molar-refractivity contribution in [2.24, 2.45) is 11.8 Å². The summed E-state index contributed by atoms with van der Waals surface area (Å²) < 4.78 is 8.12. The van der Waals surface area contributed by atoms with Crippen molar-refractivity contribution in [3.63, 3.8) is 0 Å². The molecule has 0 aliphatic carbocycles. The van der Waals surface area contributed by atoms with E-state index in [-0.39, 0.29) is 31.0 Å². The minimum atomic E-state index is -1.05. The Morgan fingerprint density at radius 2 is 2.00 bits per heavy atom. The van der Waals surface area contributed by atoms with Crippen LogP contribution in [0.1, 0.15) is 39.0 Å². The zero-order valence-electron chi connectivity index (χ0n) is 20.1. The molecule has 4 heterocycles. The van der Waals surface area contributed by atoms with Crippen molar-refractivity contribution in [3.8, 4) is 0 Å². The Balaban J connectivity index is 1.43. The van der Waals surface area contributed by atoms with Crippen LogP contribution in [0.4, 0.5) is 0 Å². The molecule has 3 fully saturated rings. The third-order valence-corrected chi connectivity index (χ3v) is 7.93. The predicted molar refractivity (Wildman–Crippen MR) is 125 cm³/mol. The number of hydrogen-bond acceptors (Lipinski definition) is 7. The number of amides is 3. The lowest BCUT2D eigenvalue weighted by molar-refractivity contribution is -0.146. The lowest BCUT2D eigenvalue weighted by Gasteiger charge is -2.33. The van der Waals surface area contributed by atoms with Crippen LogP contribution >= 0.6 is 0 Å². The Morgan fingerprint density at radius 3 is 2.77 bits per heavy atom. The molecule has 188 valence electrons. The normalized spacial score (nSPS) is 31.2. The average molecular weight is 485 g/mol. The number of para-hydroxylation sites is 1. The van der Waals surface area contributed by atoms with Crippen LogP contribution < -0.4 is 10.6 Å². The lowest BCUT2D eigenvalue weighted by Crippen LogP contribution is -2.55. The first-order chi connectivity index (χ1) is 16.9. The van der Waals surface area contributed by atoms with E-state index in [0.717, 1.165) is 17.5 Å². The van der Waals surface area contributed by atoms with E-state index in [1.54, 1.807) is 16.6 Å². The number of benzene rings is 1. The molecule has 2 aromatic rings. The monoisotopic (exact) mass is 484 g/mol. The molecule has 5 atom stereocenters. The van der Waals surface area contributed by atoms with Crippen LogP contribution in [0.3, 0.4) is 0 Å². The fourth-order valence-electron chi connectivity index (χ4n) is 6.38. The van der Waals surface area contributed by atoms with Gasteiger partial charge in [0.15, 0.2) is 0 Å². The molecule has 1 aromatic carbocycles. The Morgan fingerprint density at radius 1 is 1.20 bits per heavy atom. The second-order valence-electron chi connectivity index (χ2n) is 9.93. The van der Waals surface area contributed by atoms with Crippen molar-refractivity contribution in [3.05, 3.63) is 24.3 Å². The number of aromatic nitrogens is 3. The molecule has 0 radical (unpaired) electrons. The number of carbonyl (C=O) groups is 3. The fourth-order valence-corrected chi connectivity index (χ4v) is 6.38. The van der Waals surface area contributed by atoms with Gasteiger partial charge >= 0.3 is 0 Å². The summed E-state index contributed by atoms with van der Waals surface area (Å²) in [7, 11) is 1.56. The molecule has 11 nitrogen and oxygen atoms in total. The molecule has 3 N–H and O–H groups in total. The van der Waals surface area contributed by atoms with Gasteiger partial charge in [-0.15, -0.1) is 5.10 Å². The van der Waals surface area contributed by atoms with Gasteiger partial charge in [0.25, 0.3) is 0 Å². The highest BCUT2D eigenvalue weighted by Crippen LogP contribution is 2.63. The summed E-state index contributed by atoms with van der Waals surface area (Å²) in [5, 5.41) is 23.0. The summed E-state index contributed by atoms with van der Waals surface area (Å²) in [5.74, 6) is -2.13. The van der Waals surface area contributed by atoms with Gasteiger partial charge in [0.2, 0.25) is 17.7 Å². The molecule has 2 unspecified atom stereocenters. The van der Waals surface area contributed by atoms with Gasteiger partial charge in [0.1, 0.15) is 23.8 Å². The predicted octanol–water partition coefficient (Wildman–Crippen LogP) is 0.178. The largest absolute Gasteiger partial charge is 0.396 e. The number of nitrogens with one attached hydrogen (secondary N) is 2. The maximum atomic E-state index is 13.7. The van der Waals surface area contributed by atoms with E-state index in [4.69, 9.17) is 9.84 Å². The second-order valence-corrected chi connectivity index (χ2v) is 9.93. The summed E-state index contributed by atoms with van der Waals surface area (Å²) in [6.45, 7) is 2.41. The number of hydrogen-bond donors (Lipinski definition) is 3. The van der Waals surface area contributed by atoms with Crippen molar-refractivity contribution in [1.29, 1.82) is 0 Å². The summed E-state index contributed by atoms with van der Waals surface area (Å²) in [6.07, 6.45) is 3.14. The van der Waals surface area contributed by atoms with Gasteiger partial charge in [-0.3, -0.25) is 14.4 Å². The van der Waals surface area contributed by atoms with Gasteiger partial charge in [0.05, 0.1) is 23.0 Å². The average Bonchev–Trinajstić information content (AvgIpc) is 3.56. The number of aliphatic hydroxyl groups excluding tert-OH is 1. The highest BCUT2D eigenvalue weighted by atomic mass is 16.5. The molecule has 0 saturated carbocycles. The lowest BCUT2D eigenvalue weighted by atomic mass is 9.66. The number of rotatable bonds is 9.